The summed E-state index contributed by atoms with van der Waals surface area (Å²) in [4.78, 5) is 220. The van der Waals surface area contributed by atoms with Gasteiger partial charge in [0.15, 0.2) is 0 Å². The average molecular weight is 1410 g/mol. The highest BCUT2D eigenvalue weighted by atomic mass is 16.4. The molecule has 13 amide bonds. The summed E-state index contributed by atoms with van der Waals surface area (Å²) in [5.74, 6) is -19.5. The minimum Gasteiger partial charge on any atom is -0.481 e. The molecule has 99 heavy (non-hydrogen) atoms. The number of rotatable bonds is 43. The molecule has 0 saturated heterocycles. The van der Waals surface area contributed by atoms with Crippen LogP contribution >= 0.6 is 0 Å². The van der Waals surface area contributed by atoms with Crippen LogP contribution in [-0.4, -0.2) is 216 Å². The lowest BCUT2D eigenvalue weighted by atomic mass is 9.98. The Balaban J connectivity index is 3.34. The summed E-state index contributed by atoms with van der Waals surface area (Å²) in [6, 6.07) is -20.1. The van der Waals surface area contributed by atoms with Gasteiger partial charge in [-0.15, -0.1) is 0 Å². The highest BCUT2D eigenvalue weighted by Gasteiger charge is 2.39. The van der Waals surface area contributed by atoms with Crippen LogP contribution in [0.4, 0.5) is 0 Å². The summed E-state index contributed by atoms with van der Waals surface area (Å²) in [5.41, 5.74) is 5.90. The molecular formula is C63H106N16O20. The largest absolute Gasteiger partial charge is 0.481 e. The van der Waals surface area contributed by atoms with E-state index in [1.807, 2.05) is 0 Å². The Labute approximate surface area is 575 Å². The van der Waals surface area contributed by atoms with Crippen LogP contribution in [0, 0.1) is 35.5 Å². The number of nitrogens with zero attached hydrogens (tertiary/aromatic N) is 1. The van der Waals surface area contributed by atoms with E-state index in [9.17, 15) is 97.1 Å². The first-order valence-electron chi connectivity index (χ1n) is 32.8. The number of hydrogen-bond acceptors (Lipinski definition) is 19. The van der Waals surface area contributed by atoms with E-state index in [1.165, 1.54) is 54.1 Å². The summed E-state index contributed by atoms with van der Waals surface area (Å²) in [7, 11) is 0. The van der Waals surface area contributed by atoms with Crippen molar-refractivity contribution in [3.63, 3.8) is 0 Å². The standard InChI is InChI=1S/C63H106N16O20/c1-26(2)20-39(72-55(90)42(23-44(83)84)71-50(85)32(13)64)54(89)70-38(18-19-43(81)82)53(88)75-48(31(11)12)61(96)78-46(29(7)8)58(93)68-33(14)51(86)67-34(15)52(87)79-49(36(17)80)62(97)74-41(22-37-24-65-25-66-37)57(92)77-47(30(9)10)60(95)73-40(21-27(3)4)56(91)76-45(28(5)6)59(94)69-35(16)63(98)99/h24-36,38-42,45-49,80H,18-23,64H2,1-17H3,(H,65,66)(H,67,86)(H,68,93)(H,69,94)(H,70,89)(H,71,85)(H,72,90)(H,73,95)(H,74,97)(H,75,88)(H,76,91)(H,77,92)(H,78,96)(H,79,87)(H,81,82)(H,83,84)(H,98,99)/t32-,33-,34-,35-,36+,38-,39-,40-,41-,42-,45-,46-,47-,48-,49-/m0/s1. The Morgan fingerprint density at radius 1 is 0.384 bits per heavy atom. The number of carbonyl (C=O) groups is 16. The zero-order valence-corrected chi connectivity index (χ0v) is 59.4. The number of nitrogens with two attached hydrogens (primary N) is 1. The zero-order valence-electron chi connectivity index (χ0n) is 59.4. The highest BCUT2D eigenvalue weighted by Crippen LogP contribution is 2.15. The van der Waals surface area contributed by atoms with Gasteiger partial charge >= 0.3 is 17.9 Å². The lowest BCUT2D eigenvalue weighted by molar-refractivity contribution is -0.142. The molecule has 0 saturated carbocycles. The lowest BCUT2D eigenvalue weighted by Crippen LogP contribution is -2.62. The predicted molar refractivity (Wildman–Crippen MR) is 355 cm³/mol. The second-order valence-electron chi connectivity index (χ2n) is 26.8. The van der Waals surface area contributed by atoms with Crippen molar-refractivity contribution in [1.82, 2.24) is 79.1 Å². The fourth-order valence-electron chi connectivity index (χ4n) is 9.49. The Morgan fingerprint density at radius 2 is 0.707 bits per heavy atom. The molecule has 1 rings (SSSR count). The first-order valence-corrected chi connectivity index (χ1v) is 32.8. The number of amides is 13. The number of aliphatic carboxylic acids is 3. The fourth-order valence-corrected chi connectivity index (χ4v) is 9.49. The molecule has 15 atom stereocenters. The van der Waals surface area contributed by atoms with E-state index in [4.69, 9.17) is 5.73 Å². The topological polar surface area (TPSA) is 565 Å². The molecule has 558 valence electrons. The minimum absolute atomic E-state index is 0.0683. The van der Waals surface area contributed by atoms with Crippen molar-refractivity contribution in [2.45, 2.75) is 247 Å². The Kier molecular flexibility index (Phi) is 37.0. The fraction of sp³-hybridized carbons (Fsp3) is 0.698. The van der Waals surface area contributed by atoms with Gasteiger partial charge in [-0.1, -0.05) is 83.1 Å². The summed E-state index contributed by atoms with van der Waals surface area (Å²) in [6.45, 7) is 25.7. The summed E-state index contributed by atoms with van der Waals surface area (Å²) >= 11 is 0. The number of imidazole rings is 1. The van der Waals surface area contributed by atoms with Gasteiger partial charge in [0.1, 0.15) is 78.5 Å². The van der Waals surface area contributed by atoms with Crippen molar-refractivity contribution in [2.75, 3.05) is 0 Å². The van der Waals surface area contributed by atoms with Crippen LogP contribution in [0.15, 0.2) is 12.5 Å². The molecule has 1 aromatic rings. The van der Waals surface area contributed by atoms with Gasteiger partial charge in [0.2, 0.25) is 76.8 Å². The van der Waals surface area contributed by atoms with E-state index in [1.54, 1.807) is 69.2 Å². The van der Waals surface area contributed by atoms with Crippen LogP contribution < -0.4 is 74.9 Å². The Bertz CT molecular complexity index is 2970. The van der Waals surface area contributed by atoms with Crippen molar-refractivity contribution in [3.05, 3.63) is 18.2 Å². The quantitative estimate of drug-likeness (QED) is 0.0298. The zero-order chi connectivity index (χ0) is 76.2. The number of carbonyl (C=O) groups excluding carboxylic acids is 13. The third-order valence-electron chi connectivity index (χ3n) is 15.3. The molecule has 1 aromatic heterocycles. The van der Waals surface area contributed by atoms with Crippen LogP contribution in [0.1, 0.15) is 156 Å². The number of nitrogens with one attached hydrogen (secondary N) is 14. The molecule has 0 unspecified atom stereocenters. The van der Waals surface area contributed by atoms with E-state index < -0.39 is 228 Å². The second-order valence-corrected chi connectivity index (χ2v) is 26.8. The highest BCUT2D eigenvalue weighted by molar-refractivity contribution is 6.00. The SMILES string of the molecule is CC(C)C[C@H](NC(=O)[C@H](CC(=O)O)NC(=O)[C@H](C)N)C(=O)N[C@@H](CCC(=O)O)C(=O)N[C@H](C(=O)N[C@H](C(=O)N[C@@H](C)C(=O)N[C@@H](C)C(=O)N[C@H](C(=O)N[C@@H](Cc1cnc[nH]1)C(=O)N[C@H](C(=O)N[C@@H](CC(C)C)C(=O)N[C@H](C(=O)N[C@@H](C)C(=O)O)C(C)C)C(C)C)[C@@H](C)O)C(C)C)C(C)C. The van der Waals surface area contributed by atoms with Crippen LogP contribution in [0.2, 0.25) is 0 Å². The molecule has 0 fully saturated rings. The molecule has 0 aromatic carbocycles. The molecule has 0 aliphatic rings. The van der Waals surface area contributed by atoms with Crippen molar-refractivity contribution >= 4 is 94.7 Å². The van der Waals surface area contributed by atoms with Crippen molar-refractivity contribution in [2.24, 2.45) is 41.2 Å². The molecule has 0 aliphatic carbocycles. The Morgan fingerprint density at radius 3 is 1.10 bits per heavy atom. The van der Waals surface area contributed by atoms with Crippen LogP contribution in [0.25, 0.3) is 0 Å². The molecule has 36 heteroatoms. The third-order valence-corrected chi connectivity index (χ3v) is 15.3. The summed E-state index contributed by atoms with van der Waals surface area (Å²) < 4.78 is 0. The van der Waals surface area contributed by atoms with E-state index in [0.717, 1.165) is 6.92 Å². The summed E-state index contributed by atoms with van der Waals surface area (Å²) in [5, 5.41) is 71.1. The monoisotopic (exact) mass is 1410 g/mol. The van der Waals surface area contributed by atoms with Gasteiger partial charge in [-0.05, 0) is 89.4 Å². The van der Waals surface area contributed by atoms with E-state index in [0.29, 0.717) is 5.69 Å². The van der Waals surface area contributed by atoms with Gasteiger partial charge in [0.05, 0.1) is 24.9 Å². The second kappa shape index (κ2) is 41.8. The minimum atomic E-state index is -1.80. The summed E-state index contributed by atoms with van der Waals surface area (Å²) in [6.07, 6.45) is -1.40. The van der Waals surface area contributed by atoms with Gasteiger partial charge < -0.3 is 100 Å². The normalized spacial score (nSPS) is 16.0. The number of carboxylic acid groups (broad SMARTS) is 3. The number of H-pyrrole nitrogens is 1. The van der Waals surface area contributed by atoms with E-state index in [2.05, 4.69) is 79.1 Å². The number of aliphatic hydroxyl groups is 1. The first kappa shape index (κ1) is 87.7. The number of carboxylic acids is 3. The van der Waals surface area contributed by atoms with E-state index in [-0.39, 0.29) is 31.1 Å². The smallest absolute Gasteiger partial charge is 0.325 e. The van der Waals surface area contributed by atoms with Crippen molar-refractivity contribution < 1.29 is 97.1 Å². The maximum atomic E-state index is 14.3. The van der Waals surface area contributed by atoms with Gasteiger partial charge in [0, 0.05) is 24.7 Å². The van der Waals surface area contributed by atoms with Gasteiger partial charge in [0.25, 0.3) is 0 Å². The van der Waals surface area contributed by atoms with Crippen LogP contribution in [0.5, 0.6) is 0 Å². The molecule has 20 N–H and O–H groups in total. The maximum absolute atomic E-state index is 14.3. The molecule has 1 heterocycles. The van der Waals surface area contributed by atoms with Gasteiger partial charge in [-0.2, -0.15) is 0 Å². The molecule has 0 aliphatic heterocycles. The predicted octanol–water partition coefficient (Wildman–Crippen LogP) is -3.82. The van der Waals surface area contributed by atoms with Crippen molar-refractivity contribution in [3.8, 4) is 0 Å². The average Bonchev–Trinajstić information content (AvgIpc) is 1.18. The molecular weight excluding hydrogens is 1300 g/mol. The first-order chi connectivity index (χ1) is 45.8. The molecule has 0 radical (unpaired) electrons. The molecule has 0 spiro atoms. The number of hydrogen-bond donors (Lipinski definition) is 19. The molecule has 0 bridgehead atoms. The lowest BCUT2D eigenvalue weighted by Gasteiger charge is -2.30. The number of aromatic amines is 1. The van der Waals surface area contributed by atoms with E-state index >= 15 is 0 Å². The van der Waals surface area contributed by atoms with Crippen LogP contribution in [-0.2, 0) is 83.1 Å². The maximum Gasteiger partial charge on any atom is 0.325 e. The van der Waals surface area contributed by atoms with Gasteiger partial charge in [-0.25, -0.2) is 4.98 Å². The van der Waals surface area contributed by atoms with Gasteiger partial charge in [-0.3, -0.25) is 76.7 Å². The number of aliphatic hydroxyl groups excluding tert-OH is 1. The molecule has 36 nitrogen and oxygen atoms in total. The van der Waals surface area contributed by atoms with Crippen LogP contribution in [0.3, 0.4) is 0 Å². The third kappa shape index (κ3) is 30.9. The number of aromatic nitrogens is 2. The van der Waals surface area contributed by atoms with Crippen molar-refractivity contribution in [1.29, 1.82) is 0 Å². The Hall–Kier alpha value is -9.35.